The number of methoxy groups -OCH3 is 1. The molecule has 0 aliphatic rings. The maximum atomic E-state index is 12.7. The number of thioether (sulfide) groups is 1. The molecule has 0 radical (unpaired) electrons. The zero-order valence-electron chi connectivity index (χ0n) is 17.3. The summed E-state index contributed by atoms with van der Waals surface area (Å²) < 4.78 is 13.0. The Labute approximate surface area is 175 Å². The number of hydrogen-bond donors (Lipinski definition) is 0. The van der Waals surface area contributed by atoms with Gasteiger partial charge in [-0.25, -0.2) is 0 Å². The molecule has 0 spiro atoms. The van der Waals surface area contributed by atoms with Gasteiger partial charge in [0.1, 0.15) is 0 Å². The number of hydrogen-bond acceptors (Lipinski definition) is 6. The second kappa shape index (κ2) is 9.89. The summed E-state index contributed by atoms with van der Waals surface area (Å²) in [5, 5.41) is 8.65. The number of rotatable bonds is 10. The van der Waals surface area contributed by atoms with Crippen molar-refractivity contribution in [1.29, 1.82) is 0 Å². The van der Waals surface area contributed by atoms with Crippen LogP contribution in [0, 0.1) is 13.8 Å². The minimum atomic E-state index is 0.0594. The first kappa shape index (κ1) is 21.3. The first-order valence-corrected chi connectivity index (χ1v) is 10.7. The first-order chi connectivity index (χ1) is 14.0. The molecule has 3 aromatic rings. The van der Waals surface area contributed by atoms with Gasteiger partial charge in [-0.15, -0.1) is 10.2 Å². The SMILES string of the molecule is COCCn1c(C)cc(C(=O)CSc2nnc(CC(C)c3ccccc3)o2)c1C. The van der Waals surface area contributed by atoms with Gasteiger partial charge in [-0.2, -0.15) is 0 Å². The Morgan fingerprint density at radius 1 is 1.24 bits per heavy atom. The highest BCUT2D eigenvalue weighted by molar-refractivity contribution is 7.99. The molecule has 2 aromatic heterocycles. The predicted molar refractivity (Wildman–Crippen MR) is 114 cm³/mol. The quantitative estimate of drug-likeness (QED) is 0.361. The molecular weight excluding hydrogens is 386 g/mol. The van der Waals surface area contributed by atoms with Gasteiger partial charge in [0.25, 0.3) is 5.22 Å². The van der Waals surface area contributed by atoms with Gasteiger partial charge in [0.2, 0.25) is 5.89 Å². The van der Waals surface area contributed by atoms with Gasteiger partial charge < -0.3 is 13.7 Å². The molecule has 0 N–H and O–H groups in total. The van der Waals surface area contributed by atoms with Crippen LogP contribution in [0.4, 0.5) is 0 Å². The molecule has 0 saturated carbocycles. The van der Waals surface area contributed by atoms with Crippen molar-refractivity contribution in [2.75, 3.05) is 19.5 Å². The zero-order valence-corrected chi connectivity index (χ0v) is 18.2. The highest BCUT2D eigenvalue weighted by Crippen LogP contribution is 2.24. The fraction of sp³-hybridized carbons (Fsp3) is 0.409. The molecule has 1 unspecified atom stereocenters. The number of Topliss-reactive ketones (excluding diaryl/α,β-unsaturated/α-hetero) is 1. The Balaban J connectivity index is 1.57. The number of nitrogens with zero attached hydrogens (tertiary/aromatic N) is 3. The number of ether oxygens (including phenoxy) is 1. The van der Waals surface area contributed by atoms with Crippen LogP contribution >= 0.6 is 11.8 Å². The molecule has 2 heterocycles. The van der Waals surface area contributed by atoms with Crippen LogP contribution in [0.5, 0.6) is 0 Å². The van der Waals surface area contributed by atoms with E-state index in [0.717, 1.165) is 23.5 Å². The summed E-state index contributed by atoms with van der Waals surface area (Å²) in [4.78, 5) is 12.7. The first-order valence-electron chi connectivity index (χ1n) is 9.68. The van der Waals surface area contributed by atoms with Gasteiger partial charge in [0.05, 0.1) is 12.4 Å². The number of aromatic nitrogens is 3. The van der Waals surface area contributed by atoms with E-state index in [9.17, 15) is 4.79 Å². The summed E-state index contributed by atoms with van der Waals surface area (Å²) in [5.41, 5.74) is 4.00. The molecule has 0 saturated heterocycles. The third-order valence-electron chi connectivity index (χ3n) is 5.02. The Hall–Kier alpha value is -2.38. The largest absolute Gasteiger partial charge is 0.416 e. The summed E-state index contributed by atoms with van der Waals surface area (Å²) in [6, 6.07) is 12.2. The van der Waals surface area contributed by atoms with Crippen LogP contribution in [-0.4, -0.2) is 40.0 Å². The van der Waals surface area contributed by atoms with E-state index in [1.807, 2.05) is 38.1 Å². The highest BCUT2D eigenvalue weighted by Gasteiger charge is 2.18. The third-order valence-corrected chi connectivity index (χ3v) is 5.84. The van der Waals surface area contributed by atoms with Crippen LogP contribution in [0.2, 0.25) is 0 Å². The normalized spacial score (nSPS) is 12.3. The van der Waals surface area contributed by atoms with Crippen LogP contribution in [0.1, 0.15) is 46.0 Å². The minimum absolute atomic E-state index is 0.0594. The van der Waals surface area contributed by atoms with E-state index in [4.69, 9.17) is 9.15 Å². The molecule has 0 aliphatic carbocycles. The van der Waals surface area contributed by atoms with Crippen molar-refractivity contribution in [1.82, 2.24) is 14.8 Å². The summed E-state index contributed by atoms with van der Waals surface area (Å²) in [6.07, 6.45) is 0.673. The molecule has 29 heavy (non-hydrogen) atoms. The number of benzene rings is 1. The minimum Gasteiger partial charge on any atom is -0.416 e. The molecule has 154 valence electrons. The van der Waals surface area contributed by atoms with Crippen molar-refractivity contribution < 1.29 is 13.9 Å². The molecule has 0 fully saturated rings. The summed E-state index contributed by atoms with van der Waals surface area (Å²) in [7, 11) is 1.68. The smallest absolute Gasteiger partial charge is 0.277 e. The van der Waals surface area contributed by atoms with Crippen molar-refractivity contribution in [3.05, 3.63) is 64.8 Å². The lowest BCUT2D eigenvalue weighted by Gasteiger charge is -2.08. The van der Waals surface area contributed by atoms with Crippen LogP contribution in [0.3, 0.4) is 0 Å². The standard InChI is InChI=1S/C22H27N3O3S/c1-15(18-8-6-5-7-9-18)12-21-23-24-22(28-21)29-14-20(26)19-13-16(2)25(17(19)3)10-11-27-4/h5-9,13,15H,10-12,14H2,1-4H3. The topological polar surface area (TPSA) is 70.2 Å². The van der Waals surface area contributed by atoms with Crippen molar-refractivity contribution >= 4 is 17.5 Å². The van der Waals surface area contributed by atoms with Gasteiger partial charge >= 0.3 is 0 Å². The molecular formula is C22H27N3O3S. The monoisotopic (exact) mass is 413 g/mol. The predicted octanol–water partition coefficient (Wildman–Crippen LogP) is 4.46. The van der Waals surface area contributed by atoms with E-state index in [-0.39, 0.29) is 17.5 Å². The van der Waals surface area contributed by atoms with E-state index in [2.05, 4.69) is 33.8 Å². The lowest BCUT2D eigenvalue weighted by atomic mass is 9.98. The van der Waals surface area contributed by atoms with Crippen LogP contribution in [0.15, 0.2) is 46.0 Å². The maximum Gasteiger partial charge on any atom is 0.277 e. The fourth-order valence-electron chi connectivity index (χ4n) is 3.36. The Kier molecular flexibility index (Phi) is 7.28. The maximum absolute atomic E-state index is 12.7. The molecule has 0 aliphatic heterocycles. The lowest BCUT2D eigenvalue weighted by molar-refractivity contribution is 0.102. The lowest BCUT2D eigenvalue weighted by Crippen LogP contribution is -2.09. The van der Waals surface area contributed by atoms with E-state index in [0.29, 0.717) is 24.1 Å². The molecule has 7 heteroatoms. The average Bonchev–Trinajstić information content (AvgIpc) is 3.29. The number of carbonyl (C=O) groups excluding carboxylic acids is 1. The van der Waals surface area contributed by atoms with E-state index in [1.54, 1.807) is 7.11 Å². The third kappa shape index (κ3) is 5.36. The molecule has 1 atom stereocenters. The molecule has 3 rings (SSSR count). The van der Waals surface area contributed by atoms with Gasteiger partial charge in [0, 0.05) is 37.0 Å². The molecule has 6 nitrogen and oxygen atoms in total. The average molecular weight is 414 g/mol. The summed E-state index contributed by atoms with van der Waals surface area (Å²) in [5.74, 6) is 1.21. The van der Waals surface area contributed by atoms with Crippen molar-refractivity contribution in [3.8, 4) is 0 Å². The van der Waals surface area contributed by atoms with Gasteiger partial charge in [-0.05, 0) is 31.4 Å². The van der Waals surface area contributed by atoms with Gasteiger partial charge in [-0.1, -0.05) is 49.0 Å². The number of aryl methyl sites for hydroxylation is 1. The highest BCUT2D eigenvalue weighted by atomic mass is 32.2. The van der Waals surface area contributed by atoms with Gasteiger partial charge in [-0.3, -0.25) is 4.79 Å². The fourth-order valence-corrected chi connectivity index (χ4v) is 4.02. The second-order valence-electron chi connectivity index (χ2n) is 7.12. The van der Waals surface area contributed by atoms with Crippen LogP contribution in [0.25, 0.3) is 0 Å². The van der Waals surface area contributed by atoms with E-state index < -0.39 is 0 Å². The van der Waals surface area contributed by atoms with Crippen molar-refractivity contribution in [3.63, 3.8) is 0 Å². The van der Waals surface area contributed by atoms with Crippen molar-refractivity contribution in [2.24, 2.45) is 0 Å². The zero-order chi connectivity index (χ0) is 20.8. The Morgan fingerprint density at radius 2 is 2.00 bits per heavy atom. The number of ketones is 1. The summed E-state index contributed by atoms with van der Waals surface area (Å²) >= 11 is 1.29. The van der Waals surface area contributed by atoms with Gasteiger partial charge in [0.15, 0.2) is 5.78 Å². The molecule has 1 aromatic carbocycles. The Bertz CT molecular complexity index is 950. The second-order valence-corrected chi connectivity index (χ2v) is 8.05. The Morgan fingerprint density at radius 3 is 2.72 bits per heavy atom. The van der Waals surface area contributed by atoms with Crippen LogP contribution < -0.4 is 0 Å². The van der Waals surface area contributed by atoms with Crippen LogP contribution in [-0.2, 0) is 17.7 Å². The number of carbonyl (C=O) groups is 1. The van der Waals surface area contributed by atoms with E-state index in [1.165, 1.54) is 17.3 Å². The molecule has 0 amide bonds. The summed E-state index contributed by atoms with van der Waals surface area (Å²) in [6.45, 7) is 7.46. The molecule has 0 bridgehead atoms. The van der Waals surface area contributed by atoms with E-state index >= 15 is 0 Å². The van der Waals surface area contributed by atoms with Crippen molar-refractivity contribution in [2.45, 2.75) is 44.9 Å².